The van der Waals surface area contributed by atoms with Crippen molar-refractivity contribution >= 4 is 11.6 Å². The van der Waals surface area contributed by atoms with Crippen molar-refractivity contribution in [3.8, 4) is 0 Å². The topological polar surface area (TPSA) is 91.7 Å². The zero-order chi connectivity index (χ0) is 13.7. The van der Waals surface area contributed by atoms with Crippen LogP contribution in [0.5, 0.6) is 0 Å². The Morgan fingerprint density at radius 1 is 1.26 bits per heavy atom. The van der Waals surface area contributed by atoms with E-state index in [0.29, 0.717) is 13.1 Å². The van der Waals surface area contributed by atoms with Gasteiger partial charge in [-0.3, -0.25) is 0 Å². The summed E-state index contributed by atoms with van der Waals surface area (Å²) in [6.45, 7) is 5.28. The summed E-state index contributed by atoms with van der Waals surface area (Å²) >= 11 is 0. The summed E-state index contributed by atoms with van der Waals surface area (Å²) in [5.74, 6) is 1.55. The monoisotopic (exact) mass is 260 g/mol. The molecular formula is C13H20N6. The summed E-state index contributed by atoms with van der Waals surface area (Å²) in [6, 6.07) is 5.85. The molecule has 6 heteroatoms. The first-order valence-electron chi connectivity index (χ1n) is 6.24. The van der Waals surface area contributed by atoms with Crippen molar-refractivity contribution in [2.75, 3.05) is 17.2 Å². The van der Waals surface area contributed by atoms with E-state index in [2.05, 4.69) is 25.6 Å². The third-order valence-electron chi connectivity index (χ3n) is 2.51. The maximum absolute atomic E-state index is 5.92. The highest BCUT2D eigenvalue weighted by atomic mass is 15.1. The van der Waals surface area contributed by atoms with Crippen LogP contribution in [0.25, 0.3) is 0 Å². The average Bonchev–Trinajstić information content (AvgIpc) is 2.87. The molecule has 6 nitrogen and oxygen atoms in total. The smallest absolute Gasteiger partial charge is 0.131 e. The molecule has 0 bridgehead atoms. The number of rotatable bonds is 6. The van der Waals surface area contributed by atoms with Crippen molar-refractivity contribution in [1.82, 2.24) is 15.0 Å². The maximum atomic E-state index is 5.92. The Hall–Kier alpha value is -2.08. The third-order valence-corrected chi connectivity index (χ3v) is 2.51. The number of hydrogen-bond donors (Lipinski definition) is 4. The van der Waals surface area contributed by atoms with Crippen molar-refractivity contribution in [2.24, 2.45) is 5.73 Å². The number of H-pyrrole nitrogens is 1. The Kier molecular flexibility index (Phi) is 4.01. The van der Waals surface area contributed by atoms with Crippen LogP contribution in [0.4, 0.5) is 11.6 Å². The first-order chi connectivity index (χ1) is 9.03. The van der Waals surface area contributed by atoms with Gasteiger partial charge in [-0.15, -0.1) is 0 Å². The zero-order valence-corrected chi connectivity index (χ0v) is 11.3. The van der Waals surface area contributed by atoms with Crippen LogP contribution in [0.3, 0.4) is 0 Å². The lowest BCUT2D eigenvalue weighted by atomic mass is 10.1. The SMILES string of the molecule is CC(C)(N)CNc1cc(NCc2ccc[nH]2)ncn1. The molecule has 0 saturated heterocycles. The van der Waals surface area contributed by atoms with E-state index in [4.69, 9.17) is 5.73 Å². The molecule has 0 atom stereocenters. The van der Waals surface area contributed by atoms with Gasteiger partial charge in [0.15, 0.2) is 0 Å². The van der Waals surface area contributed by atoms with Gasteiger partial charge in [-0.05, 0) is 26.0 Å². The number of nitrogens with one attached hydrogen (secondary N) is 3. The van der Waals surface area contributed by atoms with Gasteiger partial charge in [-0.25, -0.2) is 9.97 Å². The molecular weight excluding hydrogens is 240 g/mol. The maximum Gasteiger partial charge on any atom is 0.131 e. The Balaban J connectivity index is 1.91. The van der Waals surface area contributed by atoms with Gasteiger partial charge in [0.1, 0.15) is 18.0 Å². The molecule has 2 rings (SSSR count). The van der Waals surface area contributed by atoms with Crippen molar-refractivity contribution in [3.63, 3.8) is 0 Å². The van der Waals surface area contributed by atoms with Gasteiger partial charge >= 0.3 is 0 Å². The van der Waals surface area contributed by atoms with Gasteiger partial charge in [0.2, 0.25) is 0 Å². The summed E-state index contributed by atoms with van der Waals surface area (Å²) in [5, 5.41) is 6.43. The number of aromatic amines is 1. The summed E-state index contributed by atoms with van der Waals surface area (Å²) < 4.78 is 0. The van der Waals surface area contributed by atoms with E-state index < -0.39 is 0 Å². The molecule has 0 aliphatic rings. The van der Waals surface area contributed by atoms with Crippen LogP contribution in [-0.4, -0.2) is 27.0 Å². The Bertz CT molecular complexity index is 500. The Morgan fingerprint density at radius 3 is 2.63 bits per heavy atom. The Labute approximate surface area is 112 Å². The van der Waals surface area contributed by atoms with E-state index in [9.17, 15) is 0 Å². The lowest BCUT2D eigenvalue weighted by Crippen LogP contribution is -2.39. The number of hydrogen-bond acceptors (Lipinski definition) is 5. The van der Waals surface area contributed by atoms with Gasteiger partial charge in [-0.2, -0.15) is 0 Å². The van der Waals surface area contributed by atoms with Crippen LogP contribution in [0.1, 0.15) is 19.5 Å². The van der Waals surface area contributed by atoms with Crippen molar-refractivity contribution in [3.05, 3.63) is 36.4 Å². The van der Waals surface area contributed by atoms with Crippen molar-refractivity contribution in [1.29, 1.82) is 0 Å². The first kappa shape index (κ1) is 13.4. The van der Waals surface area contributed by atoms with Crippen LogP contribution >= 0.6 is 0 Å². The molecule has 2 aromatic heterocycles. The minimum absolute atomic E-state index is 0.275. The van der Waals surface area contributed by atoms with E-state index in [1.165, 1.54) is 6.33 Å². The predicted octanol–water partition coefficient (Wildman–Crippen LogP) is 1.57. The highest BCUT2D eigenvalue weighted by molar-refractivity contribution is 5.46. The summed E-state index contributed by atoms with van der Waals surface area (Å²) in [5.41, 5.74) is 6.75. The second-order valence-corrected chi connectivity index (χ2v) is 5.18. The molecule has 2 aromatic rings. The molecule has 5 N–H and O–H groups in total. The average molecular weight is 260 g/mol. The highest BCUT2D eigenvalue weighted by Gasteiger charge is 2.10. The standard InChI is InChI=1S/C13H20N6/c1-13(2,14)8-17-12-6-11(18-9-19-12)16-7-10-4-3-5-15-10/h3-6,9,15H,7-8,14H2,1-2H3,(H2,16,17,18,19). The molecule has 0 aliphatic heterocycles. The Morgan fingerprint density at radius 2 is 2.00 bits per heavy atom. The second-order valence-electron chi connectivity index (χ2n) is 5.18. The molecule has 0 fully saturated rings. The van der Waals surface area contributed by atoms with Gasteiger partial charge in [0.05, 0.1) is 6.54 Å². The fourth-order valence-corrected chi connectivity index (χ4v) is 1.53. The number of aromatic nitrogens is 3. The van der Waals surface area contributed by atoms with Gasteiger partial charge in [-0.1, -0.05) is 0 Å². The van der Waals surface area contributed by atoms with Crippen LogP contribution in [0.15, 0.2) is 30.7 Å². The molecule has 0 spiro atoms. The fraction of sp³-hybridized carbons (Fsp3) is 0.385. The van der Waals surface area contributed by atoms with Crippen molar-refractivity contribution in [2.45, 2.75) is 25.9 Å². The zero-order valence-electron chi connectivity index (χ0n) is 11.3. The van der Waals surface area contributed by atoms with Crippen LogP contribution in [0.2, 0.25) is 0 Å². The summed E-state index contributed by atoms with van der Waals surface area (Å²) in [7, 11) is 0. The third kappa shape index (κ3) is 4.59. The molecule has 0 aromatic carbocycles. The first-order valence-corrected chi connectivity index (χ1v) is 6.24. The molecule has 0 saturated carbocycles. The van der Waals surface area contributed by atoms with E-state index in [1.807, 2.05) is 38.2 Å². The van der Waals surface area contributed by atoms with E-state index in [0.717, 1.165) is 17.3 Å². The second kappa shape index (κ2) is 5.71. The van der Waals surface area contributed by atoms with Gasteiger partial charge in [0.25, 0.3) is 0 Å². The molecule has 0 radical (unpaired) electrons. The fourth-order valence-electron chi connectivity index (χ4n) is 1.53. The lowest BCUT2D eigenvalue weighted by Gasteiger charge is -2.19. The molecule has 19 heavy (non-hydrogen) atoms. The molecule has 0 aliphatic carbocycles. The largest absolute Gasteiger partial charge is 0.368 e. The van der Waals surface area contributed by atoms with Gasteiger partial charge in [0, 0.05) is 30.0 Å². The van der Waals surface area contributed by atoms with Crippen LogP contribution in [-0.2, 0) is 6.54 Å². The van der Waals surface area contributed by atoms with Gasteiger partial charge < -0.3 is 21.4 Å². The number of anilines is 2. The number of nitrogens with two attached hydrogens (primary N) is 1. The predicted molar refractivity (Wildman–Crippen MR) is 76.9 cm³/mol. The summed E-state index contributed by atoms with van der Waals surface area (Å²) in [4.78, 5) is 11.5. The minimum Gasteiger partial charge on any atom is -0.368 e. The molecule has 0 amide bonds. The molecule has 102 valence electrons. The quantitative estimate of drug-likeness (QED) is 0.633. The number of nitrogens with zero attached hydrogens (tertiary/aromatic N) is 2. The highest BCUT2D eigenvalue weighted by Crippen LogP contribution is 2.10. The summed E-state index contributed by atoms with van der Waals surface area (Å²) in [6.07, 6.45) is 3.43. The normalized spacial score (nSPS) is 11.3. The minimum atomic E-state index is -0.275. The van der Waals surface area contributed by atoms with Crippen LogP contribution in [0, 0.1) is 0 Å². The van der Waals surface area contributed by atoms with E-state index in [-0.39, 0.29) is 5.54 Å². The molecule has 0 unspecified atom stereocenters. The van der Waals surface area contributed by atoms with Crippen molar-refractivity contribution < 1.29 is 0 Å². The molecule has 2 heterocycles. The lowest BCUT2D eigenvalue weighted by molar-refractivity contribution is 0.548. The van der Waals surface area contributed by atoms with Crippen LogP contribution < -0.4 is 16.4 Å². The van der Waals surface area contributed by atoms with E-state index in [1.54, 1.807) is 0 Å². The van der Waals surface area contributed by atoms with E-state index >= 15 is 0 Å².